The highest BCUT2D eigenvalue weighted by Crippen LogP contribution is 2.12. The number of esters is 1. The third-order valence-corrected chi connectivity index (χ3v) is 6.84. The Balaban J connectivity index is 3.45. The summed E-state index contributed by atoms with van der Waals surface area (Å²) in [4.78, 5) is 12.0. The first kappa shape index (κ1) is 35.1. The SMILES string of the molecule is CCCCCCCC/C=C\CCCCCCCC(=O)OC(CO)COCCCCCCCCCCC. The summed E-state index contributed by atoms with van der Waals surface area (Å²) in [5.74, 6) is -0.210. The van der Waals surface area contributed by atoms with Gasteiger partial charge in [0, 0.05) is 13.0 Å². The first-order valence-electron chi connectivity index (χ1n) is 15.8. The molecule has 0 radical (unpaired) electrons. The fraction of sp³-hybridized carbons (Fsp3) is 0.906. The molecule has 1 atom stereocenters. The lowest BCUT2D eigenvalue weighted by Crippen LogP contribution is -2.27. The first-order valence-corrected chi connectivity index (χ1v) is 15.8. The molecule has 0 rings (SSSR count). The molecular weight excluding hydrogens is 448 g/mol. The van der Waals surface area contributed by atoms with E-state index in [1.165, 1.54) is 122 Å². The summed E-state index contributed by atoms with van der Waals surface area (Å²) in [5, 5.41) is 9.48. The van der Waals surface area contributed by atoms with E-state index in [-0.39, 0.29) is 12.6 Å². The molecule has 0 saturated carbocycles. The summed E-state index contributed by atoms with van der Waals surface area (Å²) in [6, 6.07) is 0. The number of carbonyl (C=O) groups excluding carboxylic acids is 1. The van der Waals surface area contributed by atoms with Crippen LogP contribution in [0.15, 0.2) is 12.2 Å². The summed E-state index contributed by atoms with van der Waals surface area (Å²) in [6.45, 7) is 5.32. The van der Waals surface area contributed by atoms with Crippen LogP contribution in [-0.4, -0.2) is 37.0 Å². The van der Waals surface area contributed by atoms with Gasteiger partial charge in [0.25, 0.3) is 0 Å². The second-order valence-corrected chi connectivity index (χ2v) is 10.5. The maximum absolute atomic E-state index is 12.0. The van der Waals surface area contributed by atoms with Crippen molar-refractivity contribution < 1.29 is 19.4 Å². The lowest BCUT2D eigenvalue weighted by atomic mass is 10.1. The van der Waals surface area contributed by atoms with Crippen molar-refractivity contribution in [2.75, 3.05) is 19.8 Å². The zero-order valence-corrected chi connectivity index (χ0v) is 24.3. The molecule has 1 N–H and O–H groups in total. The van der Waals surface area contributed by atoms with Gasteiger partial charge in [-0.15, -0.1) is 0 Å². The molecule has 0 aliphatic rings. The van der Waals surface area contributed by atoms with E-state index in [9.17, 15) is 9.90 Å². The number of aliphatic hydroxyl groups is 1. The number of rotatable bonds is 29. The van der Waals surface area contributed by atoms with Crippen LogP contribution >= 0.6 is 0 Å². The Labute approximate surface area is 225 Å². The summed E-state index contributed by atoms with van der Waals surface area (Å²) in [6.07, 6.45) is 32.3. The van der Waals surface area contributed by atoms with Gasteiger partial charge in [0.15, 0.2) is 0 Å². The van der Waals surface area contributed by atoms with Gasteiger partial charge in [-0.2, -0.15) is 0 Å². The Morgan fingerprint density at radius 3 is 1.58 bits per heavy atom. The van der Waals surface area contributed by atoms with E-state index >= 15 is 0 Å². The Morgan fingerprint density at radius 1 is 0.639 bits per heavy atom. The summed E-state index contributed by atoms with van der Waals surface area (Å²) < 4.78 is 11.0. The van der Waals surface area contributed by atoms with Crippen LogP contribution in [0.1, 0.15) is 162 Å². The predicted octanol–water partition coefficient (Wildman–Crippen LogP) is 9.48. The van der Waals surface area contributed by atoms with E-state index in [0.717, 1.165) is 19.3 Å². The normalized spacial score (nSPS) is 12.4. The van der Waals surface area contributed by atoms with Crippen molar-refractivity contribution in [3.8, 4) is 0 Å². The molecule has 0 heterocycles. The fourth-order valence-electron chi connectivity index (χ4n) is 4.44. The highest BCUT2D eigenvalue weighted by Gasteiger charge is 2.13. The van der Waals surface area contributed by atoms with Crippen LogP contribution in [-0.2, 0) is 14.3 Å². The maximum atomic E-state index is 12.0. The topological polar surface area (TPSA) is 55.8 Å². The molecule has 0 aromatic carbocycles. The molecule has 0 bridgehead atoms. The zero-order chi connectivity index (χ0) is 26.4. The lowest BCUT2D eigenvalue weighted by Gasteiger charge is -2.15. The largest absolute Gasteiger partial charge is 0.457 e. The van der Waals surface area contributed by atoms with Crippen molar-refractivity contribution >= 4 is 5.97 Å². The number of hydrogen-bond acceptors (Lipinski definition) is 4. The lowest BCUT2D eigenvalue weighted by molar-refractivity contribution is -0.154. The molecule has 0 aliphatic carbocycles. The van der Waals surface area contributed by atoms with E-state index in [4.69, 9.17) is 9.47 Å². The van der Waals surface area contributed by atoms with Gasteiger partial charge in [-0.25, -0.2) is 0 Å². The summed E-state index contributed by atoms with van der Waals surface area (Å²) in [7, 11) is 0. The predicted molar refractivity (Wildman–Crippen MR) is 154 cm³/mol. The number of aliphatic hydroxyl groups excluding tert-OH is 1. The summed E-state index contributed by atoms with van der Waals surface area (Å²) >= 11 is 0. The van der Waals surface area contributed by atoms with Gasteiger partial charge in [0.05, 0.1) is 13.2 Å². The molecule has 0 spiro atoms. The quantitative estimate of drug-likeness (QED) is 0.0618. The number of carbonyl (C=O) groups is 1. The van der Waals surface area contributed by atoms with Crippen molar-refractivity contribution in [1.29, 1.82) is 0 Å². The highest BCUT2D eigenvalue weighted by atomic mass is 16.6. The van der Waals surface area contributed by atoms with Crippen LogP contribution in [0.2, 0.25) is 0 Å². The molecule has 0 fully saturated rings. The number of allylic oxidation sites excluding steroid dienone is 2. The minimum absolute atomic E-state index is 0.171. The molecule has 36 heavy (non-hydrogen) atoms. The van der Waals surface area contributed by atoms with Crippen molar-refractivity contribution in [2.24, 2.45) is 0 Å². The van der Waals surface area contributed by atoms with Crippen molar-refractivity contribution in [1.82, 2.24) is 0 Å². The van der Waals surface area contributed by atoms with Gasteiger partial charge in [-0.05, 0) is 38.5 Å². The molecule has 0 saturated heterocycles. The molecule has 0 aliphatic heterocycles. The summed E-state index contributed by atoms with van der Waals surface area (Å²) in [5.41, 5.74) is 0. The van der Waals surface area contributed by atoms with Gasteiger partial charge >= 0.3 is 5.97 Å². The molecule has 4 heteroatoms. The smallest absolute Gasteiger partial charge is 0.306 e. The van der Waals surface area contributed by atoms with Gasteiger partial charge in [0.2, 0.25) is 0 Å². The molecule has 0 amide bonds. The van der Waals surface area contributed by atoms with Crippen LogP contribution in [0, 0.1) is 0 Å². The standard InChI is InChI=1S/C32H62O4/c1-3-5-7-9-11-13-14-15-16-17-18-19-21-23-25-27-32(34)36-31(29-33)30-35-28-26-24-22-20-12-10-8-6-4-2/h15-16,31,33H,3-14,17-30H2,1-2H3/b16-15-. The molecule has 1 unspecified atom stereocenters. The van der Waals surface area contributed by atoms with E-state index in [2.05, 4.69) is 26.0 Å². The molecule has 4 nitrogen and oxygen atoms in total. The van der Waals surface area contributed by atoms with Crippen LogP contribution in [0.3, 0.4) is 0 Å². The second-order valence-electron chi connectivity index (χ2n) is 10.5. The Morgan fingerprint density at radius 2 is 1.08 bits per heavy atom. The van der Waals surface area contributed by atoms with E-state index in [1.807, 2.05) is 0 Å². The van der Waals surface area contributed by atoms with Gasteiger partial charge in [-0.3, -0.25) is 4.79 Å². The van der Waals surface area contributed by atoms with E-state index in [1.54, 1.807) is 0 Å². The second kappa shape index (κ2) is 30.4. The van der Waals surface area contributed by atoms with Crippen LogP contribution < -0.4 is 0 Å². The Kier molecular flexibility index (Phi) is 29.6. The average Bonchev–Trinajstić information content (AvgIpc) is 2.88. The van der Waals surface area contributed by atoms with Crippen molar-refractivity contribution in [3.05, 3.63) is 12.2 Å². The molecule has 214 valence electrons. The third kappa shape index (κ3) is 27.7. The van der Waals surface area contributed by atoms with Crippen LogP contribution in [0.4, 0.5) is 0 Å². The molecular formula is C32H62O4. The Hall–Kier alpha value is -0.870. The Bertz CT molecular complexity index is 463. The number of hydrogen-bond donors (Lipinski definition) is 1. The van der Waals surface area contributed by atoms with Crippen LogP contribution in [0.5, 0.6) is 0 Å². The third-order valence-electron chi connectivity index (χ3n) is 6.84. The van der Waals surface area contributed by atoms with Gasteiger partial charge in [-0.1, -0.05) is 129 Å². The minimum atomic E-state index is -0.529. The fourth-order valence-corrected chi connectivity index (χ4v) is 4.44. The monoisotopic (exact) mass is 510 g/mol. The van der Waals surface area contributed by atoms with Gasteiger partial charge in [0.1, 0.15) is 6.10 Å². The molecule has 0 aromatic rings. The average molecular weight is 511 g/mol. The molecule has 0 aromatic heterocycles. The van der Waals surface area contributed by atoms with E-state index < -0.39 is 6.10 Å². The van der Waals surface area contributed by atoms with Gasteiger partial charge < -0.3 is 14.6 Å². The zero-order valence-electron chi connectivity index (χ0n) is 24.3. The van der Waals surface area contributed by atoms with Crippen molar-refractivity contribution in [3.63, 3.8) is 0 Å². The number of ether oxygens (including phenoxy) is 2. The number of unbranched alkanes of at least 4 members (excludes halogenated alkanes) is 19. The van der Waals surface area contributed by atoms with E-state index in [0.29, 0.717) is 19.6 Å². The maximum Gasteiger partial charge on any atom is 0.306 e. The minimum Gasteiger partial charge on any atom is -0.457 e. The first-order chi connectivity index (χ1) is 17.7. The van der Waals surface area contributed by atoms with Crippen molar-refractivity contribution in [2.45, 2.75) is 168 Å². The van der Waals surface area contributed by atoms with Crippen LogP contribution in [0.25, 0.3) is 0 Å². The highest BCUT2D eigenvalue weighted by molar-refractivity contribution is 5.69.